The standard InChI is InChI=1S/C19H20O4/c1-19(2,15-7-3-5-13(9-15)11-17(20)21)16-8-4-6-14(10-16)12-18(22)23/h3-10H,11-12H2,1-2H3,(H,20,21)(H,22,23). The molecule has 2 rings (SSSR count). The van der Waals surface area contributed by atoms with E-state index in [0.29, 0.717) is 0 Å². The Kier molecular flexibility index (Phi) is 4.84. The smallest absolute Gasteiger partial charge is 0.307 e. The van der Waals surface area contributed by atoms with Gasteiger partial charge in [0.1, 0.15) is 0 Å². The van der Waals surface area contributed by atoms with Crippen LogP contribution in [0.5, 0.6) is 0 Å². The molecule has 2 N–H and O–H groups in total. The first-order chi connectivity index (χ1) is 10.8. The minimum Gasteiger partial charge on any atom is -0.481 e. The Labute approximate surface area is 135 Å². The van der Waals surface area contributed by atoms with Gasteiger partial charge in [0.05, 0.1) is 12.8 Å². The lowest BCUT2D eigenvalue weighted by Crippen LogP contribution is -2.19. The number of carbonyl (C=O) groups is 2. The second kappa shape index (κ2) is 6.65. The van der Waals surface area contributed by atoms with Gasteiger partial charge in [0.2, 0.25) is 0 Å². The minimum absolute atomic E-state index is 0.0109. The molecule has 0 saturated carbocycles. The molecule has 0 aromatic heterocycles. The maximum atomic E-state index is 10.9. The van der Waals surface area contributed by atoms with Crippen molar-refractivity contribution in [3.05, 3.63) is 70.8 Å². The van der Waals surface area contributed by atoms with Crippen molar-refractivity contribution >= 4 is 11.9 Å². The van der Waals surface area contributed by atoms with Crippen molar-refractivity contribution in [3.63, 3.8) is 0 Å². The zero-order valence-electron chi connectivity index (χ0n) is 13.2. The lowest BCUT2D eigenvalue weighted by Gasteiger charge is -2.27. The van der Waals surface area contributed by atoms with Crippen LogP contribution in [0, 0.1) is 0 Å². The first kappa shape index (κ1) is 16.7. The van der Waals surface area contributed by atoms with Gasteiger partial charge in [-0.2, -0.15) is 0 Å². The highest BCUT2D eigenvalue weighted by Crippen LogP contribution is 2.32. The third-order valence-corrected chi connectivity index (χ3v) is 4.01. The van der Waals surface area contributed by atoms with E-state index in [-0.39, 0.29) is 18.3 Å². The predicted octanol–water partition coefficient (Wildman–Crippen LogP) is 3.27. The molecule has 0 radical (unpaired) electrons. The monoisotopic (exact) mass is 312 g/mol. The summed E-state index contributed by atoms with van der Waals surface area (Å²) in [5, 5.41) is 17.9. The van der Waals surface area contributed by atoms with Crippen molar-refractivity contribution in [2.24, 2.45) is 0 Å². The molecule has 120 valence electrons. The molecular weight excluding hydrogens is 292 g/mol. The molecule has 0 atom stereocenters. The van der Waals surface area contributed by atoms with Crippen molar-refractivity contribution in [1.29, 1.82) is 0 Å². The molecule has 0 fully saturated rings. The summed E-state index contributed by atoms with van der Waals surface area (Å²) in [5.74, 6) is -1.72. The van der Waals surface area contributed by atoms with E-state index in [0.717, 1.165) is 22.3 Å². The molecule has 0 aliphatic heterocycles. The Hall–Kier alpha value is -2.62. The van der Waals surface area contributed by atoms with Crippen LogP contribution in [-0.4, -0.2) is 22.2 Å². The van der Waals surface area contributed by atoms with E-state index in [9.17, 15) is 9.59 Å². The molecule has 0 saturated heterocycles. The van der Waals surface area contributed by atoms with Crippen LogP contribution in [0.3, 0.4) is 0 Å². The fourth-order valence-corrected chi connectivity index (χ4v) is 2.66. The van der Waals surface area contributed by atoms with Gasteiger partial charge in [0, 0.05) is 5.41 Å². The van der Waals surface area contributed by atoms with E-state index in [1.54, 1.807) is 12.1 Å². The highest BCUT2D eigenvalue weighted by atomic mass is 16.4. The molecule has 0 aliphatic carbocycles. The number of carboxylic acids is 2. The minimum atomic E-state index is -0.858. The van der Waals surface area contributed by atoms with Gasteiger partial charge in [0.25, 0.3) is 0 Å². The van der Waals surface area contributed by atoms with E-state index in [1.165, 1.54) is 0 Å². The molecule has 4 nitrogen and oxygen atoms in total. The first-order valence-corrected chi connectivity index (χ1v) is 7.41. The van der Waals surface area contributed by atoms with Crippen molar-refractivity contribution in [3.8, 4) is 0 Å². The fraction of sp³-hybridized carbons (Fsp3) is 0.263. The van der Waals surface area contributed by atoms with Crippen molar-refractivity contribution in [1.82, 2.24) is 0 Å². The number of benzene rings is 2. The topological polar surface area (TPSA) is 74.6 Å². The van der Waals surface area contributed by atoms with Crippen LogP contribution in [0.4, 0.5) is 0 Å². The predicted molar refractivity (Wildman–Crippen MR) is 87.7 cm³/mol. The maximum Gasteiger partial charge on any atom is 0.307 e. The van der Waals surface area contributed by atoms with E-state index in [4.69, 9.17) is 10.2 Å². The van der Waals surface area contributed by atoms with E-state index in [2.05, 4.69) is 0 Å². The summed E-state index contributed by atoms with van der Waals surface area (Å²) in [6.45, 7) is 4.10. The molecule has 2 aromatic rings. The summed E-state index contributed by atoms with van der Waals surface area (Å²) >= 11 is 0. The normalized spacial score (nSPS) is 11.2. The molecule has 0 heterocycles. The Morgan fingerprint density at radius 3 is 1.57 bits per heavy atom. The molecule has 0 amide bonds. The van der Waals surface area contributed by atoms with Crippen LogP contribution in [0.25, 0.3) is 0 Å². The Balaban J connectivity index is 2.37. The number of rotatable bonds is 6. The van der Waals surface area contributed by atoms with Gasteiger partial charge >= 0.3 is 11.9 Å². The fourth-order valence-electron chi connectivity index (χ4n) is 2.66. The molecule has 0 unspecified atom stereocenters. The van der Waals surface area contributed by atoms with Crippen LogP contribution >= 0.6 is 0 Å². The summed E-state index contributed by atoms with van der Waals surface area (Å²) in [6.07, 6.45) is -0.0219. The number of aliphatic carboxylic acids is 2. The Morgan fingerprint density at radius 1 is 0.826 bits per heavy atom. The number of carboxylic acid groups (broad SMARTS) is 2. The summed E-state index contributed by atoms with van der Waals surface area (Å²) < 4.78 is 0. The Bertz CT molecular complexity index is 670. The summed E-state index contributed by atoms with van der Waals surface area (Å²) in [4.78, 5) is 21.8. The van der Waals surface area contributed by atoms with Crippen molar-refractivity contribution in [2.45, 2.75) is 32.1 Å². The lowest BCUT2D eigenvalue weighted by atomic mass is 9.77. The van der Waals surface area contributed by atoms with E-state index < -0.39 is 11.9 Å². The first-order valence-electron chi connectivity index (χ1n) is 7.41. The Morgan fingerprint density at radius 2 is 1.22 bits per heavy atom. The molecule has 0 aliphatic rings. The van der Waals surface area contributed by atoms with Gasteiger partial charge in [-0.05, 0) is 22.3 Å². The molecule has 4 heteroatoms. The third-order valence-electron chi connectivity index (χ3n) is 4.01. The zero-order chi connectivity index (χ0) is 17.0. The van der Waals surface area contributed by atoms with Crippen molar-refractivity contribution < 1.29 is 19.8 Å². The molecule has 23 heavy (non-hydrogen) atoms. The van der Waals surface area contributed by atoms with Gasteiger partial charge in [-0.15, -0.1) is 0 Å². The lowest BCUT2D eigenvalue weighted by molar-refractivity contribution is -0.137. The van der Waals surface area contributed by atoms with Crippen LogP contribution in [-0.2, 0) is 27.8 Å². The van der Waals surface area contributed by atoms with E-state index in [1.807, 2.05) is 50.2 Å². The molecule has 0 bridgehead atoms. The molecule has 0 spiro atoms. The highest BCUT2D eigenvalue weighted by molar-refractivity contribution is 5.71. The van der Waals surface area contributed by atoms with Gasteiger partial charge in [0.15, 0.2) is 0 Å². The van der Waals surface area contributed by atoms with Crippen LogP contribution in [0.15, 0.2) is 48.5 Å². The van der Waals surface area contributed by atoms with Crippen LogP contribution in [0.2, 0.25) is 0 Å². The summed E-state index contributed by atoms with van der Waals surface area (Å²) in [6, 6.07) is 15.1. The quantitative estimate of drug-likeness (QED) is 0.858. The highest BCUT2D eigenvalue weighted by Gasteiger charge is 2.24. The van der Waals surface area contributed by atoms with Gasteiger partial charge in [-0.1, -0.05) is 62.4 Å². The van der Waals surface area contributed by atoms with Crippen LogP contribution in [0.1, 0.15) is 36.1 Å². The number of hydrogen-bond donors (Lipinski definition) is 2. The van der Waals surface area contributed by atoms with Crippen LogP contribution < -0.4 is 0 Å². The SMILES string of the molecule is CC(C)(c1cccc(CC(=O)O)c1)c1cccc(CC(=O)O)c1. The molecule has 2 aromatic carbocycles. The van der Waals surface area contributed by atoms with Crippen molar-refractivity contribution in [2.75, 3.05) is 0 Å². The number of hydrogen-bond acceptors (Lipinski definition) is 2. The maximum absolute atomic E-state index is 10.9. The second-order valence-corrected chi connectivity index (χ2v) is 6.17. The summed E-state index contributed by atoms with van der Waals surface area (Å²) in [7, 11) is 0. The van der Waals surface area contributed by atoms with Gasteiger partial charge < -0.3 is 10.2 Å². The summed E-state index contributed by atoms with van der Waals surface area (Å²) in [5.41, 5.74) is 3.17. The third kappa shape index (κ3) is 4.19. The zero-order valence-corrected chi connectivity index (χ0v) is 13.2. The van der Waals surface area contributed by atoms with Gasteiger partial charge in [-0.25, -0.2) is 0 Å². The second-order valence-electron chi connectivity index (χ2n) is 6.17. The average Bonchev–Trinajstić information content (AvgIpc) is 2.46. The van der Waals surface area contributed by atoms with E-state index >= 15 is 0 Å². The average molecular weight is 312 g/mol. The van der Waals surface area contributed by atoms with Gasteiger partial charge in [-0.3, -0.25) is 9.59 Å². The molecular formula is C19H20O4. The largest absolute Gasteiger partial charge is 0.481 e.